The van der Waals surface area contributed by atoms with Crippen LogP contribution in [0.1, 0.15) is 12.5 Å². The van der Waals surface area contributed by atoms with Crippen LogP contribution in [0, 0.1) is 11.3 Å². The van der Waals surface area contributed by atoms with Crippen molar-refractivity contribution in [3.8, 4) is 11.9 Å². The average Bonchev–Trinajstić information content (AvgIpc) is 2.59. The van der Waals surface area contributed by atoms with E-state index in [0.29, 0.717) is 0 Å². The molecule has 8 nitrogen and oxygen atoms in total. The second-order valence-corrected chi connectivity index (χ2v) is 6.10. The van der Waals surface area contributed by atoms with Crippen molar-refractivity contribution in [3.63, 3.8) is 0 Å². The highest BCUT2D eigenvalue weighted by atomic mass is 79.9. The van der Waals surface area contributed by atoms with Gasteiger partial charge < -0.3 is 20.7 Å². The van der Waals surface area contributed by atoms with Crippen LogP contribution in [-0.4, -0.2) is 36.1 Å². The van der Waals surface area contributed by atoms with Crippen LogP contribution in [0.15, 0.2) is 28.7 Å². The fourth-order valence-electron chi connectivity index (χ4n) is 2.11. The fraction of sp³-hybridized carbons (Fsp3) is 0.250. The lowest BCUT2D eigenvalue weighted by Crippen LogP contribution is -2.40. The van der Waals surface area contributed by atoms with Crippen LogP contribution in [0.4, 0.5) is 17.5 Å². The van der Waals surface area contributed by atoms with Crippen molar-refractivity contribution >= 4 is 39.3 Å². The molecule has 2 rings (SSSR count). The first-order valence-corrected chi connectivity index (χ1v) is 8.07. The molecule has 1 aromatic carbocycles. The number of hydrogen-bond donors (Lipinski definition) is 2. The highest BCUT2D eigenvalue weighted by molar-refractivity contribution is 9.10. The normalized spacial score (nSPS) is 11.3. The molecule has 0 radical (unpaired) electrons. The Labute approximate surface area is 153 Å². The third kappa shape index (κ3) is 4.16. The zero-order chi connectivity index (χ0) is 18.6. The summed E-state index contributed by atoms with van der Waals surface area (Å²) in [6.07, 6.45) is 0. The van der Waals surface area contributed by atoms with Gasteiger partial charge in [0.25, 0.3) is 0 Å². The second-order valence-electron chi connectivity index (χ2n) is 5.18. The van der Waals surface area contributed by atoms with Gasteiger partial charge in [0.05, 0.1) is 7.11 Å². The summed E-state index contributed by atoms with van der Waals surface area (Å²) in [6, 6.07) is 8.96. The van der Waals surface area contributed by atoms with Crippen LogP contribution in [0.25, 0.3) is 0 Å². The number of carbonyl (C=O) groups is 1. The van der Waals surface area contributed by atoms with Crippen molar-refractivity contribution < 1.29 is 9.53 Å². The number of methoxy groups -OCH3 is 1. The SMILES string of the molecule is COc1nc(N)nc(NC(=O)[C@H](C)N(C)c2cccc(Br)c2)c1C#N. The Bertz CT molecular complexity index is 836. The lowest BCUT2D eigenvalue weighted by atomic mass is 10.2. The summed E-state index contributed by atoms with van der Waals surface area (Å²) in [4.78, 5) is 22.1. The predicted octanol–water partition coefficient (Wildman–Crippen LogP) is 2.16. The van der Waals surface area contributed by atoms with Crippen molar-refractivity contribution in [2.24, 2.45) is 0 Å². The van der Waals surface area contributed by atoms with Gasteiger partial charge in [-0.1, -0.05) is 22.0 Å². The summed E-state index contributed by atoms with van der Waals surface area (Å²) in [6.45, 7) is 1.74. The maximum absolute atomic E-state index is 12.6. The number of hydrogen-bond acceptors (Lipinski definition) is 7. The Morgan fingerprint density at radius 2 is 2.20 bits per heavy atom. The summed E-state index contributed by atoms with van der Waals surface area (Å²) in [5.74, 6) is -0.414. The molecule has 0 saturated carbocycles. The van der Waals surface area contributed by atoms with Crippen molar-refractivity contribution in [2.45, 2.75) is 13.0 Å². The Morgan fingerprint density at radius 1 is 1.48 bits per heavy atom. The van der Waals surface area contributed by atoms with E-state index in [2.05, 4.69) is 31.2 Å². The Hall–Kier alpha value is -2.86. The third-order valence-corrected chi connectivity index (χ3v) is 4.11. The molecule has 1 amide bonds. The van der Waals surface area contributed by atoms with Crippen LogP contribution < -0.4 is 20.7 Å². The summed E-state index contributed by atoms with van der Waals surface area (Å²) in [7, 11) is 3.16. The minimum Gasteiger partial charge on any atom is -0.480 e. The molecule has 0 aliphatic heterocycles. The van der Waals surface area contributed by atoms with E-state index >= 15 is 0 Å². The molecule has 0 unspecified atom stereocenters. The smallest absolute Gasteiger partial charge is 0.247 e. The first kappa shape index (κ1) is 18.5. The summed E-state index contributed by atoms with van der Waals surface area (Å²) in [5.41, 5.74) is 6.47. The van der Waals surface area contributed by atoms with Crippen LogP contribution in [0.2, 0.25) is 0 Å². The molecule has 130 valence electrons. The first-order valence-electron chi connectivity index (χ1n) is 7.28. The molecule has 9 heteroatoms. The number of aromatic nitrogens is 2. The lowest BCUT2D eigenvalue weighted by Gasteiger charge is -2.26. The summed E-state index contributed by atoms with van der Waals surface area (Å²) in [5, 5.41) is 11.9. The quantitative estimate of drug-likeness (QED) is 0.783. The fourth-order valence-corrected chi connectivity index (χ4v) is 2.50. The number of nitrogens with one attached hydrogen (secondary N) is 1. The number of ether oxygens (including phenoxy) is 1. The molecule has 2 aromatic rings. The number of nitrogens with zero attached hydrogens (tertiary/aromatic N) is 4. The highest BCUT2D eigenvalue weighted by Gasteiger charge is 2.22. The number of nitrogen functional groups attached to an aromatic ring is 1. The second kappa shape index (κ2) is 7.81. The number of anilines is 3. The average molecular weight is 405 g/mol. The van der Waals surface area contributed by atoms with E-state index in [1.165, 1.54) is 7.11 Å². The predicted molar refractivity (Wildman–Crippen MR) is 98.3 cm³/mol. The van der Waals surface area contributed by atoms with Crippen LogP contribution in [0.5, 0.6) is 5.88 Å². The molecule has 0 aliphatic carbocycles. The van der Waals surface area contributed by atoms with Gasteiger partial charge >= 0.3 is 0 Å². The van der Waals surface area contributed by atoms with Gasteiger partial charge in [-0.3, -0.25) is 4.79 Å². The molecule has 0 fully saturated rings. The van der Waals surface area contributed by atoms with E-state index in [1.54, 1.807) is 18.9 Å². The van der Waals surface area contributed by atoms with E-state index in [4.69, 9.17) is 10.5 Å². The van der Waals surface area contributed by atoms with Crippen molar-refractivity contribution in [3.05, 3.63) is 34.3 Å². The molecule has 25 heavy (non-hydrogen) atoms. The lowest BCUT2D eigenvalue weighted by molar-refractivity contribution is -0.117. The topological polar surface area (TPSA) is 117 Å². The number of benzene rings is 1. The number of amides is 1. The number of carbonyl (C=O) groups excluding carboxylic acids is 1. The third-order valence-electron chi connectivity index (χ3n) is 3.62. The van der Waals surface area contributed by atoms with E-state index < -0.39 is 6.04 Å². The molecule has 1 heterocycles. The van der Waals surface area contributed by atoms with Gasteiger partial charge in [0, 0.05) is 17.2 Å². The van der Waals surface area contributed by atoms with Gasteiger partial charge in [-0.15, -0.1) is 0 Å². The number of rotatable bonds is 5. The molecule has 3 N–H and O–H groups in total. The zero-order valence-electron chi connectivity index (χ0n) is 13.9. The van der Waals surface area contributed by atoms with Crippen molar-refractivity contribution in [1.29, 1.82) is 5.26 Å². The largest absolute Gasteiger partial charge is 0.480 e. The number of nitriles is 1. The Balaban J connectivity index is 2.25. The van der Waals surface area contributed by atoms with Crippen molar-refractivity contribution in [2.75, 3.05) is 30.1 Å². The molecular weight excluding hydrogens is 388 g/mol. The molecule has 0 spiro atoms. The van der Waals surface area contributed by atoms with E-state index in [1.807, 2.05) is 30.3 Å². The monoisotopic (exact) mass is 404 g/mol. The molecule has 0 bridgehead atoms. The van der Waals surface area contributed by atoms with Gasteiger partial charge in [0.15, 0.2) is 11.4 Å². The van der Waals surface area contributed by atoms with Crippen LogP contribution in [-0.2, 0) is 4.79 Å². The Kier molecular flexibility index (Phi) is 5.77. The molecule has 1 atom stereocenters. The van der Waals surface area contributed by atoms with Gasteiger partial charge in [-0.25, -0.2) is 0 Å². The minimum atomic E-state index is -0.525. The maximum Gasteiger partial charge on any atom is 0.247 e. The summed E-state index contributed by atoms with van der Waals surface area (Å²) < 4.78 is 5.92. The molecule has 1 aromatic heterocycles. The first-order chi connectivity index (χ1) is 11.9. The number of nitrogens with two attached hydrogens (primary N) is 1. The number of likely N-dealkylation sites (N-methyl/N-ethyl adjacent to an activating group) is 1. The standard InChI is InChI=1S/C16H17BrN6O2/c1-9(23(2)11-6-4-5-10(17)7-11)14(24)20-13-12(8-18)15(25-3)22-16(19)21-13/h4-7,9H,1-3H3,(H3,19,20,21,22,24)/t9-/m0/s1. The highest BCUT2D eigenvalue weighted by Crippen LogP contribution is 2.24. The maximum atomic E-state index is 12.6. The Morgan fingerprint density at radius 3 is 2.80 bits per heavy atom. The molecule has 0 saturated heterocycles. The van der Waals surface area contributed by atoms with Gasteiger partial charge in [-0.2, -0.15) is 15.2 Å². The van der Waals surface area contributed by atoms with Crippen LogP contribution >= 0.6 is 15.9 Å². The van der Waals surface area contributed by atoms with Crippen LogP contribution in [0.3, 0.4) is 0 Å². The van der Waals surface area contributed by atoms with Gasteiger partial charge in [0.2, 0.25) is 17.7 Å². The zero-order valence-corrected chi connectivity index (χ0v) is 15.5. The van der Waals surface area contributed by atoms with E-state index in [-0.39, 0.29) is 29.1 Å². The minimum absolute atomic E-state index is 0.0123. The van der Waals surface area contributed by atoms with E-state index in [0.717, 1.165) is 10.2 Å². The van der Waals surface area contributed by atoms with Gasteiger partial charge in [-0.05, 0) is 25.1 Å². The van der Waals surface area contributed by atoms with Crippen molar-refractivity contribution in [1.82, 2.24) is 9.97 Å². The van der Waals surface area contributed by atoms with E-state index in [9.17, 15) is 10.1 Å². The van der Waals surface area contributed by atoms with Gasteiger partial charge in [0.1, 0.15) is 12.1 Å². The molecule has 0 aliphatic rings. The molecular formula is C16H17BrN6O2. The summed E-state index contributed by atoms with van der Waals surface area (Å²) >= 11 is 3.41. The number of halogens is 1.